The molecule has 0 aromatic heterocycles. The second kappa shape index (κ2) is 8.27. The quantitative estimate of drug-likeness (QED) is 0.854. The molecule has 22 heavy (non-hydrogen) atoms. The highest BCUT2D eigenvalue weighted by atomic mass is 16.5. The molecule has 1 aliphatic rings. The van der Waals surface area contributed by atoms with Crippen LogP contribution in [0.25, 0.3) is 0 Å². The first-order chi connectivity index (χ1) is 10.6. The predicted octanol–water partition coefficient (Wildman–Crippen LogP) is 1.08. The van der Waals surface area contributed by atoms with Crippen molar-refractivity contribution in [3.63, 3.8) is 0 Å². The molecule has 5 heteroatoms. The number of piperazine rings is 1. The van der Waals surface area contributed by atoms with Gasteiger partial charge in [-0.15, -0.1) is 0 Å². The van der Waals surface area contributed by atoms with E-state index >= 15 is 0 Å². The fraction of sp³-hybridized carbons (Fsp3) is 0.588. The van der Waals surface area contributed by atoms with Crippen LogP contribution in [0.15, 0.2) is 30.3 Å². The van der Waals surface area contributed by atoms with Crippen molar-refractivity contribution in [3.8, 4) is 0 Å². The molecule has 0 saturated carbocycles. The zero-order chi connectivity index (χ0) is 15.9. The van der Waals surface area contributed by atoms with Crippen molar-refractivity contribution in [2.24, 2.45) is 5.73 Å². The van der Waals surface area contributed by atoms with Crippen molar-refractivity contribution in [2.75, 3.05) is 33.3 Å². The van der Waals surface area contributed by atoms with Gasteiger partial charge in [0.1, 0.15) is 0 Å². The van der Waals surface area contributed by atoms with Gasteiger partial charge in [0.05, 0.1) is 12.5 Å². The average molecular weight is 305 g/mol. The van der Waals surface area contributed by atoms with Crippen LogP contribution in [0.4, 0.5) is 0 Å². The molecule has 0 bridgehead atoms. The van der Waals surface area contributed by atoms with Crippen LogP contribution in [0.2, 0.25) is 0 Å². The maximum Gasteiger partial charge on any atom is 0.225 e. The van der Waals surface area contributed by atoms with Crippen LogP contribution in [-0.4, -0.2) is 61.1 Å². The van der Waals surface area contributed by atoms with Gasteiger partial charge in [-0.1, -0.05) is 30.3 Å². The summed E-state index contributed by atoms with van der Waals surface area (Å²) in [4.78, 5) is 16.7. The minimum atomic E-state index is -0.179. The van der Waals surface area contributed by atoms with Crippen LogP contribution in [0.5, 0.6) is 0 Å². The van der Waals surface area contributed by atoms with Crippen molar-refractivity contribution in [1.82, 2.24) is 9.80 Å². The highest BCUT2D eigenvalue weighted by Gasteiger charge is 2.28. The monoisotopic (exact) mass is 305 g/mol. The van der Waals surface area contributed by atoms with Crippen LogP contribution in [0.1, 0.15) is 18.9 Å². The lowest BCUT2D eigenvalue weighted by Gasteiger charge is -2.40. The molecule has 1 aromatic carbocycles. The van der Waals surface area contributed by atoms with Gasteiger partial charge in [-0.2, -0.15) is 0 Å². The number of rotatable bonds is 6. The third-order valence-electron chi connectivity index (χ3n) is 4.28. The molecule has 1 saturated heterocycles. The summed E-state index contributed by atoms with van der Waals surface area (Å²) in [6.07, 6.45) is 0.192. The van der Waals surface area contributed by atoms with Crippen molar-refractivity contribution >= 4 is 5.91 Å². The number of nitrogens with two attached hydrogens (primary N) is 1. The summed E-state index contributed by atoms with van der Waals surface area (Å²) in [5.41, 5.74) is 6.92. The minimum Gasteiger partial charge on any atom is -0.380 e. The molecule has 1 heterocycles. The lowest BCUT2D eigenvalue weighted by atomic mass is 10.1. The number of methoxy groups -OCH3 is 1. The van der Waals surface area contributed by atoms with Gasteiger partial charge in [-0.3, -0.25) is 9.69 Å². The van der Waals surface area contributed by atoms with E-state index in [0.717, 1.165) is 26.2 Å². The Kier molecular flexibility index (Phi) is 6.36. The third-order valence-corrected chi connectivity index (χ3v) is 4.28. The Hall–Kier alpha value is -1.43. The number of nitrogens with zero attached hydrogens (tertiary/aromatic N) is 2. The van der Waals surface area contributed by atoms with E-state index in [1.165, 1.54) is 5.56 Å². The summed E-state index contributed by atoms with van der Waals surface area (Å²) in [7, 11) is 1.60. The number of carbonyl (C=O) groups is 1. The second-order valence-corrected chi connectivity index (χ2v) is 5.95. The fourth-order valence-electron chi connectivity index (χ4n) is 2.96. The van der Waals surface area contributed by atoms with Gasteiger partial charge in [0.2, 0.25) is 5.91 Å². The van der Waals surface area contributed by atoms with E-state index in [2.05, 4.69) is 36.1 Å². The van der Waals surface area contributed by atoms with Crippen LogP contribution < -0.4 is 5.73 Å². The number of hydrogen-bond donors (Lipinski definition) is 1. The summed E-state index contributed by atoms with van der Waals surface area (Å²) in [6.45, 7) is 6.01. The Morgan fingerprint density at radius 1 is 1.36 bits per heavy atom. The van der Waals surface area contributed by atoms with E-state index in [1.54, 1.807) is 7.11 Å². The van der Waals surface area contributed by atoms with Gasteiger partial charge >= 0.3 is 0 Å². The van der Waals surface area contributed by atoms with Gasteiger partial charge in [-0.05, 0) is 12.5 Å². The van der Waals surface area contributed by atoms with E-state index in [4.69, 9.17) is 10.5 Å². The SMILES string of the molecule is COC(CN)CC(=O)N1CCN(Cc2ccccc2)CC1C. The molecule has 1 aliphatic heterocycles. The molecule has 2 atom stereocenters. The number of amides is 1. The molecule has 2 N–H and O–H groups in total. The maximum atomic E-state index is 12.4. The first-order valence-corrected chi connectivity index (χ1v) is 7.92. The van der Waals surface area contributed by atoms with Gasteiger partial charge < -0.3 is 15.4 Å². The molecule has 0 radical (unpaired) electrons. The van der Waals surface area contributed by atoms with E-state index < -0.39 is 0 Å². The van der Waals surface area contributed by atoms with Crippen molar-refractivity contribution in [1.29, 1.82) is 0 Å². The largest absolute Gasteiger partial charge is 0.380 e. The number of ether oxygens (including phenoxy) is 1. The Labute approximate surface area is 133 Å². The molecule has 0 aliphatic carbocycles. The van der Waals surface area contributed by atoms with Crippen LogP contribution >= 0.6 is 0 Å². The maximum absolute atomic E-state index is 12.4. The average Bonchev–Trinajstić information content (AvgIpc) is 2.53. The Morgan fingerprint density at radius 3 is 2.68 bits per heavy atom. The zero-order valence-corrected chi connectivity index (χ0v) is 13.6. The lowest BCUT2D eigenvalue weighted by molar-refractivity contribution is -0.138. The van der Waals surface area contributed by atoms with Crippen molar-refractivity contribution < 1.29 is 9.53 Å². The lowest BCUT2D eigenvalue weighted by Crippen LogP contribution is -2.54. The molecule has 2 unspecified atom stereocenters. The van der Waals surface area contributed by atoms with E-state index in [1.807, 2.05) is 11.0 Å². The highest BCUT2D eigenvalue weighted by Crippen LogP contribution is 2.15. The minimum absolute atomic E-state index is 0.143. The molecular formula is C17H27N3O2. The summed E-state index contributed by atoms with van der Waals surface area (Å²) < 4.78 is 5.21. The Morgan fingerprint density at radius 2 is 2.09 bits per heavy atom. The topological polar surface area (TPSA) is 58.8 Å². The summed E-state index contributed by atoms with van der Waals surface area (Å²) >= 11 is 0. The van der Waals surface area contributed by atoms with E-state index in [0.29, 0.717) is 13.0 Å². The molecule has 1 aromatic rings. The highest BCUT2D eigenvalue weighted by molar-refractivity contribution is 5.77. The van der Waals surface area contributed by atoms with Gasteiger partial charge in [-0.25, -0.2) is 0 Å². The van der Waals surface area contributed by atoms with Crippen LogP contribution in [0.3, 0.4) is 0 Å². The summed E-state index contributed by atoms with van der Waals surface area (Å²) in [6, 6.07) is 10.7. The summed E-state index contributed by atoms with van der Waals surface area (Å²) in [5.74, 6) is 0.143. The standard InChI is InChI=1S/C17H27N3O2/c1-14-12-19(13-15-6-4-3-5-7-15)8-9-20(14)17(21)10-16(11-18)22-2/h3-7,14,16H,8-13,18H2,1-2H3. The molecule has 122 valence electrons. The Bertz CT molecular complexity index is 462. The van der Waals surface area contributed by atoms with Gasteiger partial charge in [0.15, 0.2) is 0 Å². The van der Waals surface area contributed by atoms with Gasteiger partial charge in [0, 0.05) is 45.9 Å². The van der Waals surface area contributed by atoms with Crippen LogP contribution in [0, 0.1) is 0 Å². The predicted molar refractivity (Wildman–Crippen MR) is 87.4 cm³/mol. The van der Waals surface area contributed by atoms with E-state index in [9.17, 15) is 4.79 Å². The first-order valence-electron chi connectivity index (χ1n) is 7.92. The van der Waals surface area contributed by atoms with Crippen molar-refractivity contribution in [3.05, 3.63) is 35.9 Å². The molecule has 1 fully saturated rings. The molecule has 1 amide bonds. The molecular weight excluding hydrogens is 278 g/mol. The number of hydrogen-bond acceptors (Lipinski definition) is 4. The molecule has 0 spiro atoms. The summed E-state index contributed by atoms with van der Waals surface area (Å²) in [5, 5.41) is 0. The third kappa shape index (κ3) is 4.53. The fourth-order valence-corrected chi connectivity index (χ4v) is 2.96. The van der Waals surface area contributed by atoms with Crippen LogP contribution in [-0.2, 0) is 16.1 Å². The Balaban J connectivity index is 1.85. The number of benzene rings is 1. The van der Waals surface area contributed by atoms with Crippen molar-refractivity contribution in [2.45, 2.75) is 32.0 Å². The first kappa shape index (κ1) is 16.9. The normalized spacial score (nSPS) is 20.9. The second-order valence-electron chi connectivity index (χ2n) is 5.95. The molecule has 5 nitrogen and oxygen atoms in total. The van der Waals surface area contributed by atoms with Gasteiger partial charge in [0.25, 0.3) is 0 Å². The zero-order valence-electron chi connectivity index (χ0n) is 13.6. The molecule has 2 rings (SSSR count). The number of carbonyl (C=O) groups excluding carboxylic acids is 1. The van der Waals surface area contributed by atoms with E-state index in [-0.39, 0.29) is 18.1 Å². The smallest absolute Gasteiger partial charge is 0.225 e.